The fourth-order valence-electron chi connectivity index (χ4n) is 13.9. The predicted octanol–water partition coefficient (Wildman–Crippen LogP) is 9.84. The van der Waals surface area contributed by atoms with Gasteiger partial charge in [0, 0.05) is 136 Å². The zero-order chi connectivity index (χ0) is 86.5. The minimum atomic E-state index is -4.83. The van der Waals surface area contributed by atoms with Crippen molar-refractivity contribution in [3.05, 3.63) is 216 Å². The molecule has 0 spiro atoms. The predicted molar refractivity (Wildman–Crippen MR) is 432 cm³/mol. The van der Waals surface area contributed by atoms with E-state index in [9.17, 15) is 60.2 Å². The molecule has 122 heavy (non-hydrogen) atoms. The Kier molecular flexibility index (Phi) is 29.5. The molecule has 3 aromatic heterocycles. The second kappa shape index (κ2) is 41.0. The van der Waals surface area contributed by atoms with Gasteiger partial charge in [-0.15, -0.1) is 54.0 Å². The second-order valence-electron chi connectivity index (χ2n) is 28.8. The second-order valence-corrected chi connectivity index (χ2v) is 28.8. The first-order chi connectivity index (χ1) is 58.7. The first-order valence-corrected chi connectivity index (χ1v) is 39.1. The maximum Gasteiger partial charge on any atom is 0.573 e. The molecule has 36 heteroatoms. The maximum atomic E-state index is 13.9. The number of hydrogen-bond acceptors (Lipinski definition) is 21. The third kappa shape index (κ3) is 23.9. The highest BCUT2D eigenvalue weighted by atomic mass is 19.4. The zero-order valence-corrected chi connectivity index (χ0v) is 67.1. The quantitative estimate of drug-likeness (QED) is 0.0144. The summed E-state index contributed by atoms with van der Waals surface area (Å²) < 4.78 is 117. The molecular formula is C86H88F6N16O14. The number of anilines is 1. The van der Waals surface area contributed by atoms with Crippen LogP contribution in [0.1, 0.15) is 56.8 Å². The molecule has 6 aromatic carbocycles. The van der Waals surface area contributed by atoms with E-state index in [4.69, 9.17) is 29.8 Å². The van der Waals surface area contributed by atoms with Gasteiger partial charge in [-0.3, -0.25) is 9.59 Å². The molecule has 30 nitrogen and oxygen atoms in total. The smallest absolute Gasteiger partial charge is 0.545 e. The largest absolute Gasteiger partial charge is 0.573 e. The third-order valence-corrected chi connectivity index (χ3v) is 20.0. The van der Waals surface area contributed by atoms with Crippen LogP contribution in [0.25, 0.3) is 55.9 Å². The maximum absolute atomic E-state index is 13.9. The van der Waals surface area contributed by atoms with E-state index in [0.29, 0.717) is 112 Å². The van der Waals surface area contributed by atoms with Crippen molar-refractivity contribution in [3.8, 4) is 68.8 Å². The van der Waals surface area contributed by atoms with E-state index in [2.05, 4.69) is 51.6 Å². The third-order valence-electron chi connectivity index (χ3n) is 20.0. The van der Waals surface area contributed by atoms with Crippen molar-refractivity contribution in [2.45, 2.75) is 69.9 Å². The number of amides is 5. The first-order valence-electron chi connectivity index (χ1n) is 39.1. The summed E-state index contributed by atoms with van der Waals surface area (Å²) in [6.07, 6.45) is 2.37. The van der Waals surface area contributed by atoms with E-state index in [-0.39, 0.29) is 105 Å². The highest BCUT2D eigenvalue weighted by molar-refractivity contribution is 6.08. The molecule has 2 unspecified atom stereocenters. The number of alkyl halides is 6. The van der Waals surface area contributed by atoms with Gasteiger partial charge >= 0.3 is 30.9 Å². The number of carboxylic acid groups (broad SMARTS) is 1. The molecule has 4 aliphatic rings. The molecular weight excluding hydrogens is 1600 g/mol. The van der Waals surface area contributed by atoms with Crippen LogP contribution in [0.2, 0.25) is 0 Å². The molecule has 3 aliphatic heterocycles. The fourth-order valence-corrected chi connectivity index (χ4v) is 13.9. The van der Waals surface area contributed by atoms with Gasteiger partial charge in [-0.05, 0) is 121 Å². The van der Waals surface area contributed by atoms with E-state index >= 15 is 0 Å². The lowest BCUT2D eigenvalue weighted by molar-refractivity contribution is -0.275. The Morgan fingerprint density at radius 1 is 0.607 bits per heavy atom. The van der Waals surface area contributed by atoms with Crippen molar-refractivity contribution < 1.29 is 93.1 Å². The van der Waals surface area contributed by atoms with Crippen molar-refractivity contribution in [2.75, 3.05) is 125 Å². The number of fused-ring (bicyclic) bond motifs is 2. The number of aromatic carboxylic acids is 1. The van der Waals surface area contributed by atoms with Crippen LogP contribution in [-0.4, -0.2) is 246 Å². The number of terminal acetylenes is 1. The van der Waals surface area contributed by atoms with E-state index in [1.54, 1.807) is 30.3 Å². The fraction of sp³-hybridized carbons (Fsp3) is 0.337. The van der Waals surface area contributed by atoms with E-state index in [1.165, 1.54) is 48.8 Å². The van der Waals surface area contributed by atoms with Crippen LogP contribution in [-0.2, 0) is 49.5 Å². The van der Waals surface area contributed by atoms with Crippen LogP contribution in [0, 0.1) is 12.3 Å². The molecule has 0 radical (unpaired) electrons. The Hall–Kier alpha value is -13.5. The molecule has 2 saturated heterocycles. The molecule has 2 atom stereocenters. The van der Waals surface area contributed by atoms with Crippen molar-refractivity contribution >= 4 is 52.6 Å². The van der Waals surface area contributed by atoms with Gasteiger partial charge in [-0.25, -0.2) is 23.6 Å². The number of carboxylic acids is 1. The molecule has 0 saturated carbocycles. The molecule has 6 heterocycles. The normalized spacial score (nSPS) is 14.2. The SMILES string of the molecule is C#CCCOC(=O)N1CCN(C(=O)n2cc(-c3ccc(OC(F)(F)F)cc3)nn2)C(Cc2ccccc2)C1.CN(C)c1ccc2c(-c3ccc(C(=O)NCCOCCOCCOCCn4cc(CCCC(=O)N5CCN(C(=O)n6cc(-c7ccc(OC(F)(F)F)cc7)nn6)C(Cc6ccccc6)C5)nn4)c(C(=O)[O-])c3)c3ccc(=[N+](C)C)cc-3oc2c1. The van der Waals surface area contributed by atoms with Gasteiger partial charge in [0.25, 0.3) is 5.91 Å². The lowest BCUT2D eigenvalue weighted by Gasteiger charge is -2.41. The Bertz CT molecular complexity index is 5500. The van der Waals surface area contributed by atoms with Gasteiger partial charge in [-0.2, -0.15) is 9.36 Å². The topological polar surface area (TPSA) is 317 Å². The number of carbonyl (C=O) groups is 6. The van der Waals surface area contributed by atoms with Crippen LogP contribution >= 0.6 is 0 Å². The standard InChI is InChI=1S/C60H64F3N11O10.C26H24F3N5O4/c1-69(2)44-16-21-49-53(35-44)83-54-36-45(70(3)4)17-22-50(54)56(49)42-15-20-48(51(34-42)58(77)78)57(76)64-23-27-80-29-31-82-32-30-81-28-26-72-37-43(65-67-72)11-8-12-55(75)71-24-25-73(46(38-71)33-40-9-6-5-7-10-40)59(79)74-39-52(66-68-74)41-13-18-47(19-14-41)84-60(61,62)63;1-2-3-15-37-25(36)32-13-14-33(21(17-32)16-19-7-5-4-6-8-19)24(35)34-18-23(30-31-34)20-9-11-22(12-10-20)38-26(27,28)29/h5-7,9-10,13-22,34-37,39,46H,8,11-12,23-33,38H2,1-4H3,(H-,64,76,77,78);1,4-12,18,21H,3,13-17H2. The molecule has 2 fully saturated rings. The summed E-state index contributed by atoms with van der Waals surface area (Å²) in [7, 11) is 7.76. The molecule has 1 aliphatic carbocycles. The average Bonchev–Trinajstić information content (AvgIpc) is 0.917. The zero-order valence-electron chi connectivity index (χ0n) is 67.1. The Labute approximate surface area is 696 Å². The number of hydrogen-bond donors (Lipinski definition) is 1. The average molecular weight is 1680 g/mol. The monoisotopic (exact) mass is 1680 g/mol. The summed E-state index contributed by atoms with van der Waals surface area (Å²) in [4.78, 5) is 87.7. The molecule has 638 valence electrons. The molecule has 5 amide bonds. The highest BCUT2D eigenvalue weighted by Gasteiger charge is 2.38. The number of rotatable bonds is 30. The van der Waals surface area contributed by atoms with E-state index in [0.717, 1.165) is 78.0 Å². The van der Waals surface area contributed by atoms with Crippen LogP contribution in [0.5, 0.6) is 11.5 Å². The summed E-state index contributed by atoms with van der Waals surface area (Å²) in [6, 6.07) is 44.2. The summed E-state index contributed by atoms with van der Waals surface area (Å²) in [5.41, 5.74) is 7.60. The molecule has 9 aromatic rings. The number of aryl methyl sites for hydroxylation is 1. The van der Waals surface area contributed by atoms with Crippen molar-refractivity contribution in [1.29, 1.82) is 0 Å². The number of nitrogens with zero attached hydrogens (tertiary/aromatic N) is 15. The van der Waals surface area contributed by atoms with E-state index in [1.807, 2.05) is 141 Å². The van der Waals surface area contributed by atoms with Crippen LogP contribution in [0.3, 0.4) is 0 Å². The van der Waals surface area contributed by atoms with Crippen LogP contribution < -0.4 is 34.7 Å². The van der Waals surface area contributed by atoms with Gasteiger partial charge in [0.1, 0.15) is 54.9 Å². The summed E-state index contributed by atoms with van der Waals surface area (Å²) >= 11 is 0. The Morgan fingerprint density at radius 3 is 1.72 bits per heavy atom. The lowest BCUT2D eigenvalue weighted by atomic mass is 9.91. The molecule has 0 bridgehead atoms. The van der Waals surface area contributed by atoms with Gasteiger partial charge in [0.2, 0.25) is 11.3 Å². The Morgan fingerprint density at radius 2 is 1.16 bits per heavy atom. The first kappa shape index (κ1) is 87.8. The summed E-state index contributed by atoms with van der Waals surface area (Å²) in [5, 5.41) is 41.5. The number of benzene rings is 7. The number of aromatic nitrogens is 9. The molecule has 13 rings (SSSR count). The van der Waals surface area contributed by atoms with E-state index < -0.39 is 42.8 Å². The number of nitrogens with one attached hydrogen (secondary N) is 1. The summed E-state index contributed by atoms with van der Waals surface area (Å²) in [6.45, 7) is 4.05. The Balaban J connectivity index is 0.000000298. The van der Waals surface area contributed by atoms with Crippen molar-refractivity contribution in [1.82, 2.24) is 74.5 Å². The number of halogens is 6. The number of piperazine rings is 2. The van der Waals surface area contributed by atoms with Crippen LogP contribution in [0.15, 0.2) is 187 Å². The van der Waals surface area contributed by atoms with Crippen molar-refractivity contribution in [3.63, 3.8) is 0 Å². The van der Waals surface area contributed by atoms with Crippen LogP contribution in [0.4, 0.5) is 46.4 Å². The van der Waals surface area contributed by atoms with Gasteiger partial charge < -0.3 is 72.6 Å². The van der Waals surface area contributed by atoms with Gasteiger partial charge in [0.15, 0.2) is 0 Å². The lowest BCUT2D eigenvalue weighted by Crippen LogP contribution is -2.58. The minimum Gasteiger partial charge on any atom is -0.545 e. The summed E-state index contributed by atoms with van der Waals surface area (Å²) in [5.74, 6) is 0.179. The van der Waals surface area contributed by atoms with Crippen molar-refractivity contribution in [2.24, 2.45) is 0 Å². The molecule has 1 N–H and O–H groups in total. The highest BCUT2D eigenvalue weighted by Crippen LogP contribution is 2.42. The number of ether oxygens (including phenoxy) is 6. The van der Waals surface area contributed by atoms with Gasteiger partial charge in [0.05, 0.1) is 88.4 Å². The number of carbonyl (C=O) groups excluding carboxylic acids is 6. The minimum absolute atomic E-state index is 0.0343. The van der Waals surface area contributed by atoms with Gasteiger partial charge in [-0.1, -0.05) is 82.4 Å².